The lowest BCUT2D eigenvalue weighted by molar-refractivity contribution is -0.116. The molecule has 3 N–H and O–H groups in total. The third-order valence-corrected chi connectivity index (χ3v) is 1.83. The van der Waals surface area contributed by atoms with Gasteiger partial charge in [-0.2, -0.15) is 0 Å². The Morgan fingerprint density at radius 3 is 2.73 bits per heavy atom. The number of benzene rings is 1. The number of rotatable bonds is 3. The number of carbonyl (C=O) groups is 1. The lowest BCUT2D eigenvalue weighted by atomic mass is 10.2. The van der Waals surface area contributed by atoms with Gasteiger partial charge in [-0.25, -0.2) is 4.39 Å². The number of carbonyl (C=O) groups excluding carboxylic acids is 1. The number of hydrogen-bond acceptors (Lipinski definition) is 2. The Kier molecular flexibility index (Phi) is 5.89. The van der Waals surface area contributed by atoms with Crippen molar-refractivity contribution in [3.05, 3.63) is 29.6 Å². The molecule has 0 heterocycles. The molecule has 0 bridgehead atoms. The van der Waals surface area contributed by atoms with Crippen molar-refractivity contribution in [2.45, 2.75) is 13.3 Å². The SMILES string of the molecule is Cc1cc(F)ccc1NC(=O)CCN.Cl. The molecule has 0 saturated heterocycles. The van der Waals surface area contributed by atoms with Gasteiger partial charge in [-0.15, -0.1) is 12.4 Å². The molecule has 5 heteroatoms. The zero-order chi connectivity index (χ0) is 10.6. The summed E-state index contributed by atoms with van der Waals surface area (Å²) in [6.45, 7) is 2.05. The highest BCUT2D eigenvalue weighted by atomic mass is 35.5. The minimum absolute atomic E-state index is 0. The Labute approximate surface area is 94.3 Å². The maximum Gasteiger partial charge on any atom is 0.225 e. The number of amides is 1. The lowest BCUT2D eigenvalue weighted by Gasteiger charge is -2.07. The van der Waals surface area contributed by atoms with Crippen molar-refractivity contribution in [3.63, 3.8) is 0 Å². The van der Waals surface area contributed by atoms with E-state index in [9.17, 15) is 9.18 Å². The smallest absolute Gasteiger partial charge is 0.225 e. The first kappa shape index (κ1) is 13.9. The maximum atomic E-state index is 12.7. The van der Waals surface area contributed by atoms with Crippen molar-refractivity contribution in [2.75, 3.05) is 11.9 Å². The summed E-state index contributed by atoms with van der Waals surface area (Å²) in [7, 11) is 0. The van der Waals surface area contributed by atoms with Crippen LogP contribution in [0.4, 0.5) is 10.1 Å². The molecule has 0 atom stereocenters. The van der Waals surface area contributed by atoms with Gasteiger partial charge in [0.25, 0.3) is 0 Å². The van der Waals surface area contributed by atoms with Crippen LogP contribution in [-0.4, -0.2) is 12.5 Å². The summed E-state index contributed by atoms with van der Waals surface area (Å²) in [5.74, 6) is -0.457. The second-order valence-electron chi connectivity index (χ2n) is 3.05. The first-order chi connectivity index (χ1) is 6.63. The summed E-state index contributed by atoms with van der Waals surface area (Å²) in [4.78, 5) is 11.2. The van der Waals surface area contributed by atoms with Gasteiger partial charge in [0, 0.05) is 18.7 Å². The summed E-state index contributed by atoms with van der Waals surface area (Å²) >= 11 is 0. The van der Waals surface area contributed by atoms with Gasteiger partial charge < -0.3 is 11.1 Å². The van der Waals surface area contributed by atoms with Crippen molar-refractivity contribution in [1.29, 1.82) is 0 Å². The number of nitrogens with two attached hydrogens (primary N) is 1. The van der Waals surface area contributed by atoms with E-state index >= 15 is 0 Å². The van der Waals surface area contributed by atoms with Crippen LogP contribution in [-0.2, 0) is 4.79 Å². The van der Waals surface area contributed by atoms with Crippen molar-refractivity contribution in [2.24, 2.45) is 5.73 Å². The molecule has 3 nitrogen and oxygen atoms in total. The Hall–Kier alpha value is -1.13. The summed E-state index contributed by atoms with van der Waals surface area (Å²) in [6.07, 6.45) is 0.275. The summed E-state index contributed by atoms with van der Waals surface area (Å²) in [6, 6.07) is 4.22. The quantitative estimate of drug-likeness (QED) is 0.836. The van der Waals surface area contributed by atoms with Gasteiger partial charge in [-0.05, 0) is 30.7 Å². The van der Waals surface area contributed by atoms with Gasteiger partial charge in [0.1, 0.15) is 5.82 Å². The normalized spacial score (nSPS) is 9.27. The highest BCUT2D eigenvalue weighted by molar-refractivity contribution is 5.91. The third kappa shape index (κ3) is 4.27. The van der Waals surface area contributed by atoms with Crippen molar-refractivity contribution < 1.29 is 9.18 Å². The average molecular weight is 233 g/mol. The summed E-state index contributed by atoms with van der Waals surface area (Å²) < 4.78 is 12.7. The summed E-state index contributed by atoms with van der Waals surface area (Å²) in [5.41, 5.74) is 6.56. The van der Waals surface area contributed by atoms with Crippen molar-refractivity contribution in [3.8, 4) is 0 Å². The molecule has 0 aromatic heterocycles. The standard InChI is InChI=1S/C10H13FN2O.ClH/c1-7-6-8(11)2-3-9(7)13-10(14)4-5-12;/h2-3,6H,4-5,12H2,1H3,(H,13,14);1H. The minimum Gasteiger partial charge on any atom is -0.330 e. The molecule has 0 saturated carbocycles. The van der Waals surface area contributed by atoms with Gasteiger partial charge in [0.15, 0.2) is 0 Å². The number of anilines is 1. The zero-order valence-corrected chi connectivity index (χ0v) is 9.23. The van der Waals surface area contributed by atoms with E-state index in [1.54, 1.807) is 13.0 Å². The second kappa shape index (κ2) is 6.37. The van der Waals surface area contributed by atoms with Crippen LogP contribution in [0.5, 0.6) is 0 Å². The van der Waals surface area contributed by atoms with Crippen molar-refractivity contribution >= 4 is 24.0 Å². The fourth-order valence-corrected chi connectivity index (χ4v) is 1.11. The van der Waals surface area contributed by atoms with Gasteiger partial charge in [-0.1, -0.05) is 0 Å². The van der Waals surface area contributed by atoms with E-state index in [-0.39, 0.29) is 30.6 Å². The molecular formula is C10H14ClFN2O. The molecule has 1 aromatic carbocycles. The fraction of sp³-hybridized carbons (Fsp3) is 0.300. The predicted molar refractivity (Wildman–Crippen MR) is 60.7 cm³/mol. The first-order valence-electron chi connectivity index (χ1n) is 4.39. The van der Waals surface area contributed by atoms with E-state index in [1.165, 1.54) is 12.1 Å². The predicted octanol–water partition coefficient (Wildman–Crippen LogP) is 1.84. The molecular weight excluding hydrogens is 219 g/mol. The average Bonchev–Trinajstić information content (AvgIpc) is 2.10. The number of halogens is 2. The van der Waals surface area contributed by atoms with Crippen LogP contribution >= 0.6 is 12.4 Å². The van der Waals surface area contributed by atoms with Crippen LogP contribution in [0.2, 0.25) is 0 Å². The summed E-state index contributed by atoms with van der Waals surface area (Å²) in [5, 5.41) is 2.65. The van der Waals surface area contributed by atoms with Gasteiger partial charge in [0.2, 0.25) is 5.91 Å². The van der Waals surface area contributed by atoms with E-state index < -0.39 is 0 Å². The third-order valence-electron chi connectivity index (χ3n) is 1.83. The van der Waals surface area contributed by atoms with Gasteiger partial charge in [-0.3, -0.25) is 4.79 Å². The highest BCUT2D eigenvalue weighted by Crippen LogP contribution is 2.15. The molecule has 0 radical (unpaired) electrons. The molecule has 1 amide bonds. The molecule has 0 unspecified atom stereocenters. The largest absolute Gasteiger partial charge is 0.330 e. The Bertz CT molecular complexity index is 344. The van der Waals surface area contributed by atoms with E-state index in [1.807, 2.05) is 0 Å². The molecule has 0 aliphatic rings. The Morgan fingerprint density at radius 2 is 2.20 bits per heavy atom. The van der Waals surface area contributed by atoms with Crippen LogP contribution in [0.1, 0.15) is 12.0 Å². The molecule has 0 aliphatic heterocycles. The van der Waals surface area contributed by atoms with E-state index in [0.717, 1.165) is 0 Å². The minimum atomic E-state index is -0.306. The molecule has 1 aromatic rings. The highest BCUT2D eigenvalue weighted by Gasteiger charge is 2.03. The number of aryl methyl sites for hydroxylation is 1. The van der Waals surface area contributed by atoms with Crippen molar-refractivity contribution in [1.82, 2.24) is 0 Å². The molecule has 0 fully saturated rings. The molecule has 0 aliphatic carbocycles. The molecule has 15 heavy (non-hydrogen) atoms. The maximum absolute atomic E-state index is 12.7. The number of nitrogens with one attached hydrogen (secondary N) is 1. The fourth-order valence-electron chi connectivity index (χ4n) is 1.11. The molecule has 0 spiro atoms. The van der Waals surface area contributed by atoms with Crippen LogP contribution < -0.4 is 11.1 Å². The van der Waals surface area contributed by atoms with E-state index in [0.29, 0.717) is 17.8 Å². The zero-order valence-electron chi connectivity index (χ0n) is 8.42. The lowest BCUT2D eigenvalue weighted by Crippen LogP contribution is -2.16. The van der Waals surface area contributed by atoms with E-state index in [2.05, 4.69) is 5.32 Å². The van der Waals surface area contributed by atoms with Gasteiger partial charge in [0.05, 0.1) is 0 Å². The Morgan fingerprint density at radius 1 is 1.53 bits per heavy atom. The first-order valence-corrected chi connectivity index (χ1v) is 4.39. The van der Waals surface area contributed by atoms with Crippen LogP contribution in [0, 0.1) is 12.7 Å². The molecule has 84 valence electrons. The Balaban J connectivity index is 0.00000196. The number of hydrogen-bond donors (Lipinski definition) is 2. The topological polar surface area (TPSA) is 55.1 Å². The molecule has 1 rings (SSSR count). The van der Waals surface area contributed by atoms with Crippen LogP contribution in [0.3, 0.4) is 0 Å². The monoisotopic (exact) mass is 232 g/mol. The van der Waals surface area contributed by atoms with Crippen LogP contribution in [0.15, 0.2) is 18.2 Å². The second-order valence-corrected chi connectivity index (χ2v) is 3.05. The van der Waals surface area contributed by atoms with E-state index in [4.69, 9.17) is 5.73 Å². The van der Waals surface area contributed by atoms with Crippen LogP contribution in [0.25, 0.3) is 0 Å². The van der Waals surface area contributed by atoms with Gasteiger partial charge >= 0.3 is 0 Å².